The Morgan fingerprint density at radius 2 is 1.92 bits per heavy atom. The number of benzene rings is 1. The van der Waals surface area contributed by atoms with Gasteiger partial charge in [-0.3, -0.25) is 4.79 Å². The van der Waals surface area contributed by atoms with Crippen molar-refractivity contribution in [2.75, 3.05) is 20.2 Å². The van der Waals surface area contributed by atoms with E-state index in [0.29, 0.717) is 6.54 Å². The molecule has 0 aliphatic rings. The highest BCUT2D eigenvalue weighted by Crippen LogP contribution is 2.24. The lowest BCUT2D eigenvalue weighted by molar-refractivity contribution is -0.142. The molecule has 0 aliphatic carbocycles. The monoisotopic (exact) mass is 346 g/mol. The molecule has 6 nitrogen and oxygen atoms in total. The maximum Gasteiger partial charge on any atom is 0.410 e. The zero-order valence-corrected chi connectivity index (χ0v) is 15.5. The number of likely N-dealkylation sites (N-methyl/N-ethyl adjacent to an activating group) is 1. The Kier molecular flexibility index (Phi) is 5.72. The number of hydrogen-bond acceptors (Lipinski definition) is 4. The average molecular weight is 346 g/mol. The van der Waals surface area contributed by atoms with Crippen molar-refractivity contribution in [3.63, 3.8) is 0 Å². The topological polar surface area (TPSA) is 71.6 Å². The summed E-state index contributed by atoms with van der Waals surface area (Å²) in [5.41, 5.74) is 1.06. The molecule has 0 radical (unpaired) electrons. The molecule has 136 valence electrons. The summed E-state index contributed by atoms with van der Waals surface area (Å²) in [6.07, 6.45) is -0.444. The van der Waals surface area contributed by atoms with E-state index in [2.05, 4.69) is 4.98 Å². The van der Waals surface area contributed by atoms with E-state index >= 15 is 0 Å². The quantitative estimate of drug-likeness (QED) is 0.838. The Bertz CT molecular complexity index is 712. The number of hydrogen-bond donors (Lipinski definition) is 1. The van der Waals surface area contributed by atoms with E-state index in [0.717, 1.165) is 16.6 Å². The Morgan fingerprint density at radius 3 is 2.48 bits per heavy atom. The molecule has 6 heteroatoms. The van der Waals surface area contributed by atoms with Crippen LogP contribution in [-0.4, -0.2) is 47.7 Å². The van der Waals surface area contributed by atoms with Crippen molar-refractivity contribution < 1.29 is 19.1 Å². The summed E-state index contributed by atoms with van der Waals surface area (Å²) in [6, 6.07) is 9.69. The fraction of sp³-hybridized carbons (Fsp3) is 0.474. The van der Waals surface area contributed by atoms with Crippen LogP contribution in [0, 0.1) is 0 Å². The van der Waals surface area contributed by atoms with Gasteiger partial charge >= 0.3 is 12.1 Å². The van der Waals surface area contributed by atoms with E-state index in [-0.39, 0.29) is 6.54 Å². The van der Waals surface area contributed by atoms with Crippen LogP contribution in [-0.2, 0) is 14.3 Å². The summed E-state index contributed by atoms with van der Waals surface area (Å²) in [5, 5.41) is 1.01. The molecule has 1 aromatic carbocycles. The van der Waals surface area contributed by atoms with Gasteiger partial charge in [-0.25, -0.2) is 4.79 Å². The second-order valence-electron chi connectivity index (χ2n) is 6.91. The van der Waals surface area contributed by atoms with Gasteiger partial charge in [-0.15, -0.1) is 0 Å². The van der Waals surface area contributed by atoms with E-state index in [1.165, 1.54) is 12.0 Å². The van der Waals surface area contributed by atoms with Crippen molar-refractivity contribution in [2.45, 2.75) is 39.2 Å². The van der Waals surface area contributed by atoms with Crippen molar-refractivity contribution in [2.24, 2.45) is 0 Å². The molecule has 1 heterocycles. The van der Waals surface area contributed by atoms with E-state index in [9.17, 15) is 9.59 Å². The molecule has 1 N–H and O–H groups in total. The molecule has 25 heavy (non-hydrogen) atoms. The Labute approximate surface area is 148 Å². The molecule has 1 amide bonds. The van der Waals surface area contributed by atoms with Crippen LogP contribution in [0.25, 0.3) is 10.9 Å². The maximum absolute atomic E-state index is 12.4. The number of amides is 1. The number of esters is 1. The van der Waals surface area contributed by atoms with Crippen molar-refractivity contribution in [1.82, 2.24) is 9.88 Å². The van der Waals surface area contributed by atoms with Crippen molar-refractivity contribution >= 4 is 23.0 Å². The third-order valence-corrected chi connectivity index (χ3v) is 3.85. The van der Waals surface area contributed by atoms with Crippen LogP contribution < -0.4 is 0 Å². The van der Waals surface area contributed by atoms with Crippen molar-refractivity contribution in [3.05, 3.63) is 36.0 Å². The predicted molar refractivity (Wildman–Crippen MR) is 96.5 cm³/mol. The van der Waals surface area contributed by atoms with Gasteiger partial charge in [0.2, 0.25) is 0 Å². The summed E-state index contributed by atoms with van der Waals surface area (Å²) in [4.78, 5) is 29.5. The number of carbonyl (C=O) groups excluding carboxylic acids is 2. The van der Waals surface area contributed by atoms with E-state index in [1.807, 2.05) is 58.0 Å². The van der Waals surface area contributed by atoms with Crippen LogP contribution in [0.5, 0.6) is 0 Å². The van der Waals surface area contributed by atoms with Crippen LogP contribution >= 0.6 is 0 Å². The first-order valence-electron chi connectivity index (χ1n) is 8.38. The molecule has 0 saturated heterocycles. The van der Waals surface area contributed by atoms with Crippen LogP contribution in [0.15, 0.2) is 30.3 Å². The highest BCUT2D eigenvalue weighted by molar-refractivity contribution is 5.85. The van der Waals surface area contributed by atoms with Crippen LogP contribution in [0.2, 0.25) is 0 Å². The zero-order chi connectivity index (χ0) is 18.6. The van der Waals surface area contributed by atoms with Gasteiger partial charge in [0, 0.05) is 24.3 Å². The molecule has 2 rings (SSSR count). The highest BCUT2D eigenvalue weighted by Gasteiger charge is 2.29. The molecule has 2 aromatic rings. The SMILES string of the molecule is CCN(CC(C(=O)OC)c1cc2ccccc2[nH]1)C(=O)OC(C)(C)C. The number of ether oxygens (including phenoxy) is 2. The fourth-order valence-electron chi connectivity index (χ4n) is 2.61. The Morgan fingerprint density at radius 1 is 1.24 bits per heavy atom. The van der Waals surface area contributed by atoms with Crippen LogP contribution in [0.4, 0.5) is 4.79 Å². The second kappa shape index (κ2) is 7.59. The van der Waals surface area contributed by atoms with Crippen LogP contribution in [0.3, 0.4) is 0 Å². The lowest BCUT2D eigenvalue weighted by Gasteiger charge is -2.28. The van der Waals surface area contributed by atoms with E-state index in [4.69, 9.17) is 9.47 Å². The number of nitrogens with zero attached hydrogens (tertiary/aromatic N) is 1. The van der Waals surface area contributed by atoms with Gasteiger partial charge in [0.05, 0.1) is 7.11 Å². The molecule has 0 saturated carbocycles. The number of carbonyl (C=O) groups is 2. The summed E-state index contributed by atoms with van der Waals surface area (Å²) < 4.78 is 10.4. The molecule has 0 bridgehead atoms. The zero-order valence-electron chi connectivity index (χ0n) is 15.5. The molecular formula is C19H26N2O4. The summed E-state index contributed by atoms with van der Waals surface area (Å²) >= 11 is 0. The minimum absolute atomic E-state index is 0.185. The maximum atomic E-state index is 12.4. The van der Waals surface area contributed by atoms with Crippen molar-refractivity contribution in [3.8, 4) is 0 Å². The molecule has 1 unspecified atom stereocenters. The minimum Gasteiger partial charge on any atom is -0.468 e. The number of nitrogens with one attached hydrogen (secondary N) is 1. The first-order chi connectivity index (χ1) is 11.7. The molecule has 1 atom stereocenters. The number of para-hydroxylation sites is 1. The average Bonchev–Trinajstić information content (AvgIpc) is 2.97. The van der Waals surface area contributed by atoms with Gasteiger partial charge in [0.25, 0.3) is 0 Å². The molecule has 0 aliphatic heterocycles. The van der Waals surface area contributed by atoms with Gasteiger partial charge in [-0.05, 0) is 45.2 Å². The number of methoxy groups -OCH3 is 1. The first-order valence-corrected chi connectivity index (χ1v) is 8.38. The number of H-pyrrole nitrogens is 1. The summed E-state index contributed by atoms with van der Waals surface area (Å²) in [6.45, 7) is 7.91. The van der Waals surface area contributed by atoms with Crippen molar-refractivity contribution in [1.29, 1.82) is 0 Å². The molecule has 0 fully saturated rings. The summed E-state index contributed by atoms with van der Waals surface area (Å²) in [5.74, 6) is -1.00. The third kappa shape index (κ3) is 4.75. The lowest BCUT2D eigenvalue weighted by atomic mass is 10.0. The fourth-order valence-corrected chi connectivity index (χ4v) is 2.61. The smallest absolute Gasteiger partial charge is 0.410 e. The Hall–Kier alpha value is -2.50. The van der Waals surface area contributed by atoms with Gasteiger partial charge in [-0.2, -0.15) is 0 Å². The Balaban J connectivity index is 2.27. The number of aromatic nitrogens is 1. The van der Waals surface area contributed by atoms with Crippen LogP contribution in [0.1, 0.15) is 39.3 Å². The number of fused-ring (bicyclic) bond motifs is 1. The largest absolute Gasteiger partial charge is 0.468 e. The highest BCUT2D eigenvalue weighted by atomic mass is 16.6. The minimum atomic E-state index is -0.607. The number of aromatic amines is 1. The molecule has 1 aromatic heterocycles. The standard InChI is InChI=1S/C19H26N2O4/c1-6-21(18(23)25-19(2,3)4)12-14(17(22)24-5)16-11-13-9-7-8-10-15(13)20-16/h7-11,14,20H,6,12H2,1-5H3. The lowest BCUT2D eigenvalue weighted by Crippen LogP contribution is -2.40. The van der Waals surface area contributed by atoms with Gasteiger partial charge in [-0.1, -0.05) is 18.2 Å². The molecule has 0 spiro atoms. The van der Waals surface area contributed by atoms with E-state index in [1.54, 1.807) is 0 Å². The van der Waals surface area contributed by atoms with E-state index < -0.39 is 23.6 Å². The predicted octanol–water partition coefficient (Wildman–Crippen LogP) is 3.68. The van der Waals surface area contributed by atoms with Gasteiger partial charge in [0.1, 0.15) is 11.5 Å². The molecular weight excluding hydrogens is 320 g/mol. The second-order valence-corrected chi connectivity index (χ2v) is 6.91. The van der Waals surface area contributed by atoms with Gasteiger partial charge < -0.3 is 19.4 Å². The van der Waals surface area contributed by atoms with Gasteiger partial charge in [0.15, 0.2) is 0 Å². The normalized spacial score (nSPS) is 12.7. The summed E-state index contributed by atoms with van der Waals surface area (Å²) in [7, 11) is 1.35. The first kappa shape index (κ1) is 18.8. The number of rotatable bonds is 5. The third-order valence-electron chi connectivity index (χ3n) is 3.85.